The fourth-order valence-electron chi connectivity index (χ4n) is 1.57. The van der Waals surface area contributed by atoms with Crippen LogP contribution < -0.4 is 5.32 Å². The van der Waals surface area contributed by atoms with Gasteiger partial charge < -0.3 is 0 Å². The van der Waals surface area contributed by atoms with Gasteiger partial charge in [-0.3, -0.25) is 14.9 Å². The molecule has 0 saturated carbocycles. The lowest BCUT2D eigenvalue weighted by Gasteiger charge is -2.24. The van der Waals surface area contributed by atoms with Gasteiger partial charge in [-0.15, -0.1) is 0 Å². The largest absolute Gasteiger partial charge is 0.294 e. The summed E-state index contributed by atoms with van der Waals surface area (Å²) in [5, 5.41) is 2.41. The SMILES string of the molecule is O=C1CN(S(=O)(=O)c2ccc(Cl)c(Br)c2)CC(=O)N1. The molecular formula is C10H8BrClN2O4S. The van der Waals surface area contributed by atoms with Gasteiger partial charge in [0.1, 0.15) is 0 Å². The van der Waals surface area contributed by atoms with E-state index in [4.69, 9.17) is 11.6 Å². The molecule has 2 amide bonds. The van der Waals surface area contributed by atoms with E-state index in [1.165, 1.54) is 18.2 Å². The Morgan fingerprint density at radius 2 is 1.79 bits per heavy atom. The van der Waals surface area contributed by atoms with E-state index < -0.39 is 21.8 Å². The standard InChI is InChI=1S/C10H8BrClN2O4S/c11-7-3-6(1-2-8(7)12)19(17,18)14-4-9(15)13-10(16)5-14/h1-3H,4-5H2,(H,13,15,16). The van der Waals surface area contributed by atoms with Gasteiger partial charge in [0.2, 0.25) is 21.8 Å². The quantitative estimate of drug-likeness (QED) is 0.782. The van der Waals surface area contributed by atoms with E-state index in [1.54, 1.807) is 0 Å². The number of hydrogen-bond donors (Lipinski definition) is 1. The first-order valence-corrected chi connectivity index (χ1v) is 7.69. The van der Waals surface area contributed by atoms with Crippen LogP contribution in [0.2, 0.25) is 5.02 Å². The highest BCUT2D eigenvalue weighted by atomic mass is 79.9. The molecule has 0 aromatic heterocycles. The Labute approximate surface area is 122 Å². The fourth-order valence-corrected chi connectivity index (χ4v) is 3.59. The van der Waals surface area contributed by atoms with E-state index in [0.717, 1.165) is 4.31 Å². The van der Waals surface area contributed by atoms with Crippen molar-refractivity contribution in [3.63, 3.8) is 0 Å². The molecule has 6 nitrogen and oxygen atoms in total. The van der Waals surface area contributed by atoms with Crippen LogP contribution in [0.3, 0.4) is 0 Å². The summed E-state index contributed by atoms with van der Waals surface area (Å²) in [6.45, 7) is -0.761. The molecule has 1 aromatic carbocycles. The molecule has 102 valence electrons. The molecule has 19 heavy (non-hydrogen) atoms. The van der Waals surface area contributed by atoms with E-state index in [2.05, 4.69) is 15.9 Å². The minimum absolute atomic E-state index is 0.0359. The molecule has 1 fully saturated rings. The normalized spacial score (nSPS) is 17.4. The number of imide groups is 1. The smallest absolute Gasteiger partial charge is 0.244 e. The van der Waals surface area contributed by atoms with Crippen molar-refractivity contribution in [2.75, 3.05) is 13.1 Å². The molecule has 0 bridgehead atoms. The van der Waals surface area contributed by atoms with Gasteiger partial charge in [-0.25, -0.2) is 8.42 Å². The molecule has 1 heterocycles. The highest BCUT2D eigenvalue weighted by Gasteiger charge is 2.33. The van der Waals surface area contributed by atoms with Crippen LogP contribution in [0.4, 0.5) is 0 Å². The van der Waals surface area contributed by atoms with Crippen molar-refractivity contribution in [2.45, 2.75) is 4.90 Å². The maximum absolute atomic E-state index is 12.3. The number of amides is 2. The third-order valence-corrected chi connectivity index (χ3v) is 5.45. The molecule has 1 aliphatic heterocycles. The van der Waals surface area contributed by atoms with E-state index in [-0.39, 0.29) is 18.0 Å². The zero-order chi connectivity index (χ0) is 14.2. The lowest BCUT2D eigenvalue weighted by Crippen LogP contribution is -2.53. The zero-order valence-corrected chi connectivity index (χ0v) is 12.5. The predicted molar refractivity (Wildman–Crippen MR) is 71.1 cm³/mol. The summed E-state index contributed by atoms with van der Waals surface area (Å²) in [5.74, 6) is -1.29. The highest BCUT2D eigenvalue weighted by molar-refractivity contribution is 9.10. The molecule has 1 saturated heterocycles. The number of hydrogen-bond acceptors (Lipinski definition) is 4. The summed E-state index contributed by atoms with van der Waals surface area (Å²) >= 11 is 8.91. The maximum Gasteiger partial charge on any atom is 0.244 e. The Kier molecular flexibility index (Phi) is 3.95. The number of halogens is 2. The van der Waals surface area contributed by atoms with Crippen LogP contribution in [-0.4, -0.2) is 37.6 Å². The van der Waals surface area contributed by atoms with Crippen LogP contribution in [0.25, 0.3) is 0 Å². The lowest BCUT2D eigenvalue weighted by molar-refractivity contribution is -0.134. The van der Waals surface area contributed by atoms with Crippen LogP contribution in [-0.2, 0) is 19.6 Å². The van der Waals surface area contributed by atoms with Crippen LogP contribution in [0, 0.1) is 0 Å². The average Bonchev–Trinajstić information content (AvgIpc) is 2.31. The van der Waals surface area contributed by atoms with Crippen LogP contribution >= 0.6 is 27.5 Å². The first kappa shape index (κ1) is 14.4. The number of carbonyl (C=O) groups excluding carboxylic acids is 2. The molecule has 0 radical (unpaired) electrons. The van der Waals surface area contributed by atoms with E-state index >= 15 is 0 Å². The summed E-state index contributed by atoms with van der Waals surface area (Å²) in [4.78, 5) is 22.4. The van der Waals surface area contributed by atoms with Crippen molar-refractivity contribution >= 4 is 49.4 Å². The second kappa shape index (κ2) is 5.20. The number of benzene rings is 1. The van der Waals surface area contributed by atoms with Crippen molar-refractivity contribution in [3.05, 3.63) is 27.7 Å². The third-order valence-electron chi connectivity index (χ3n) is 2.45. The number of nitrogens with one attached hydrogen (secondary N) is 1. The van der Waals surface area contributed by atoms with E-state index in [0.29, 0.717) is 9.50 Å². The summed E-state index contributed by atoms with van der Waals surface area (Å²) < 4.78 is 25.8. The third kappa shape index (κ3) is 2.97. The minimum atomic E-state index is -3.90. The predicted octanol–water partition coefficient (Wildman–Crippen LogP) is 0.750. The van der Waals surface area contributed by atoms with Gasteiger partial charge in [0.15, 0.2) is 0 Å². The second-order valence-corrected chi connectivity index (χ2v) is 7.02. The molecule has 0 spiro atoms. The Balaban J connectivity index is 2.39. The molecule has 0 unspecified atom stereocenters. The molecule has 1 aromatic rings. The van der Waals surface area contributed by atoms with Gasteiger partial charge in [-0.2, -0.15) is 4.31 Å². The molecule has 2 rings (SSSR count). The van der Waals surface area contributed by atoms with Crippen molar-refractivity contribution in [3.8, 4) is 0 Å². The van der Waals surface area contributed by atoms with Crippen molar-refractivity contribution in [1.82, 2.24) is 9.62 Å². The molecule has 0 aliphatic carbocycles. The van der Waals surface area contributed by atoms with Gasteiger partial charge in [-0.1, -0.05) is 11.6 Å². The van der Waals surface area contributed by atoms with Gasteiger partial charge >= 0.3 is 0 Å². The average molecular weight is 368 g/mol. The van der Waals surface area contributed by atoms with Gasteiger partial charge in [0, 0.05) is 4.47 Å². The van der Waals surface area contributed by atoms with E-state index in [1.807, 2.05) is 5.32 Å². The maximum atomic E-state index is 12.3. The lowest BCUT2D eigenvalue weighted by atomic mass is 10.4. The first-order valence-electron chi connectivity index (χ1n) is 5.08. The number of piperazine rings is 1. The van der Waals surface area contributed by atoms with Crippen molar-refractivity contribution < 1.29 is 18.0 Å². The van der Waals surface area contributed by atoms with Crippen molar-refractivity contribution in [1.29, 1.82) is 0 Å². The number of rotatable bonds is 2. The molecule has 1 N–H and O–H groups in total. The monoisotopic (exact) mass is 366 g/mol. The van der Waals surface area contributed by atoms with Gasteiger partial charge in [0.05, 0.1) is 23.0 Å². The molecule has 0 atom stereocenters. The summed E-state index contributed by atoms with van der Waals surface area (Å²) in [5.41, 5.74) is 0. The topological polar surface area (TPSA) is 83.6 Å². The highest BCUT2D eigenvalue weighted by Crippen LogP contribution is 2.27. The fraction of sp³-hybridized carbons (Fsp3) is 0.200. The Hall–Kier alpha value is -0.960. The van der Waals surface area contributed by atoms with Crippen LogP contribution in [0.15, 0.2) is 27.6 Å². The van der Waals surface area contributed by atoms with E-state index in [9.17, 15) is 18.0 Å². The summed E-state index contributed by atoms with van der Waals surface area (Å²) in [6.07, 6.45) is 0. The molecule has 1 aliphatic rings. The van der Waals surface area contributed by atoms with Gasteiger partial charge in [0.25, 0.3) is 0 Å². The zero-order valence-electron chi connectivity index (χ0n) is 9.39. The van der Waals surface area contributed by atoms with Crippen molar-refractivity contribution in [2.24, 2.45) is 0 Å². The summed E-state index contributed by atoms with van der Waals surface area (Å²) in [6, 6.07) is 4.07. The van der Waals surface area contributed by atoms with Gasteiger partial charge in [-0.05, 0) is 34.1 Å². The Morgan fingerprint density at radius 1 is 1.21 bits per heavy atom. The summed E-state index contributed by atoms with van der Waals surface area (Å²) in [7, 11) is -3.90. The Morgan fingerprint density at radius 3 is 2.32 bits per heavy atom. The number of carbonyl (C=O) groups is 2. The first-order chi connectivity index (χ1) is 8.80. The Bertz CT molecular complexity index is 645. The molecular weight excluding hydrogens is 360 g/mol. The van der Waals surface area contributed by atoms with Crippen LogP contribution in [0.1, 0.15) is 0 Å². The number of sulfonamides is 1. The minimum Gasteiger partial charge on any atom is -0.294 e. The number of nitrogens with zero attached hydrogens (tertiary/aromatic N) is 1. The molecule has 9 heteroatoms. The van der Waals surface area contributed by atoms with Crippen LogP contribution in [0.5, 0.6) is 0 Å². The second-order valence-electron chi connectivity index (χ2n) is 3.82.